The highest BCUT2D eigenvalue weighted by Crippen LogP contribution is 2.33. The molecule has 22 heavy (non-hydrogen) atoms. The molecule has 112 valence electrons. The molecule has 4 heterocycles. The van der Waals surface area contributed by atoms with Crippen LogP contribution in [0.1, 0.15) is 18.6 Å². The van der Waals surface area contributed by atoms with E-state index in [-0.39, 0.29) is 11.7 Å². The molecule has 0 saturated carbocycles. The standard InChI is InChI=1S/C18H16ClNO2/c19-14-3-1-12(2-4-14)17-6-5-15(22-17)11-16-18(21)13-7-9-20(16)10-8-13/h1-6,11,13H,7-10H2/b16-11+. The summed E-state index contributed by atoms with van der Waals surface area (Å²) in [5.41, 5.74) is 1.78. The number of allylic oxidation sites excluding steroid dienone is 1. The van der Waals surface area contributed by atoms with E-state index in [0.717, 1.165) is 48.7 Å². The molecule has 4 heteroatoms. The lowest BCUT2D eigenvalue weighted by Gasteiger charge is -2.40. The first kappa shape index (κ1) is 13.6. The highest BCUT2D eigenvalue weighted by atomic mass is 35.5. The van der Waals surface area contributed by atoms with Gasteiger partial charge in [-0.05, 0) is 49.2 Å². The molecule has 2 bridgehead atoms. The summed E-state index contributed by atoms with van der Waals surface area (Å²) < 4.78 is 5.87. The van der Waals surface area contributed by atoms with Gasteiger partial charge in [-0.1, -0.05) is 11.6 Å². The number of fused-ring (bicyclic) bond motifs is 3. The van der Waals surface area contributed by atoms with Gasteiger partial charge in [0.25, 0.3) is 0 Å². The van der Waals surface area contributed by atoms with Crippen molar-refractivity contribution >= 4 is 23.5 Å². The molecule has 3 aliphatic rings. The van der Waals surface area contributed by atoms with Crippen LogP contribution in [0.25, 0.3) is 17.4 Å². The van der Waals surface area contributed by atoms with Gasteiger partial charge in [-0.2, -0.15) is 0 Å². The van der Waals surface area contributed by atoms with Crippen molar-refractivity contribution in [2.45, 2.75) is 12.8 Å². The second-order valence-electron chi connectivity index (χ2n) is 5.86. The highest BCUT2D eigenvalue weighted by molar-refractivity contribution is 6.30. The van der Waals surface area contributed by atoms with E-state index >= 15 is 0 Å². The summed E-state index contributed by atoms with van der Waals surface area (Å²) in [6.45, 7) is 1.96. The summed E-state index contributed by atoms with van der Waals surface area (Å²) in [4.78, 5) is 14.5. The quantitative estimate of drug-likeness (QED) is 0.778. The Morgan fingerprint density at radius 3 is 2.50 bits per heavy atom. The van der Waals surface area contributed by atoms with Crippen LogP contribution < -0.4 is 0 Å². The van der Waals surface area contributed by atoms with Gasteiger partial charge in [0.2, 0.25) is 0 Å². The second-order valence-corrected chi connectivity index (χ2v) is 6.30. The van der Waals surface area contributed by atoms with E-state index in [0.29, 0.717) is 5.02 Å². The first-order chi connectivity index (χ1) is 10.7. The fraction of sp³-hybridized carbons (Fsp3) is 0.278. The Labute approximate surface area is 134 Å². The number of Topliss-reactive ketones (excluding diaryl/α,β-unsaturated/α-hetero) is 1. The van der Waals surface area contributed by atoms with Crippen molar-refractivity contribution in [3.63, 3.8) is 0 Å². The molecule has 1 aromatic carbocycles. The van der Waals surface area contributed by atoms with Crippen LogP contribution in [0.4, 0.5) is 0 Å². The summed E-state index contributed by atoms with van der Waals surface area (Å²) in [5, 5.41) is 0.703. The van der Waals surface area contributed by atoms with Gasteiger partial charge in [0, 0.05) is 35.7 Å². The molecule has 0 amide bonds. The lowest BCUT2D eigenvalue weighted by Crippen LogP contribution is -2.45. The number of carbonyl (C=O) groups excluding carboxylic acids is 1. The van der Waals surface area contributed by atoms with Gasteiger partial charge in [0.15, 0.2) is 5.78 Å². The van der Waals surface area contributed by atoms with E-state index in [1.807, 2.05) is 42.5 Å². The van der Waals surface area contributed by atoms with Crippen molar-refractivity contribution in [2.75, 3.05) is 13.1 Å². The summed E-state index contributed by atoms with van der Waals surface area (Å²) in [6, 6.07) is 11.4. The van der Waals surface area contributed by atoms with Gasteiger partial charge in [-0.15, -0.1) is 0 Å². The predicted octanol–water partition coefficient (Wildman–Crippen LogP) is 4.24. The average molecular weight is 314 g/mol. The number of piperidine rings is 3. The van der Waals surface area contributed by atoms with Crippen LogP contribution in [0.5, 0.6) is 0 Å². The number of furan rings is 1. The minimum atomic E-state index is 0.210. The maximum Gasteiger partial charge on any atom is 0.182 e. The Kier molecular flexibility index (Phi) is 3.30. The van der Waals surface area contributed by atoms with Gasteiger partial charge < -0.3 is 9.32 Å². The van der Waals surface area contributed by atoms with Crippen LogP contribution in [0.3, 0.4) is 0 Å². The maximum atomic E-state index is 12.3. The number of nitrogens with zero attached hydrogens (tertiary/aromatic N) is 1. The molecule has 3 nitrogen and oxygen atoms in total. The van der Waals surface area contributed by atoms with E-state index in [1.165, 1.54) is 0 Å². The Morgan fingerprint density at radius 1 is 1.09 bits per heavy atom. The molecule has 5 rings (SSSR count). The largest absolute Gasteiger partial charge is 0.457 e. The Hall–Kier alpha value is -2.00. The van der Waals surface area contributed by atoms with Gasteiger partial charge in [-0.3, -0.25) is 4.79 Å². The molecule has 0 radical (unpaired) electrons. The number of ketones is 1. The zero-order valence-electron chi connectivity index (χ0n) is 12.1. The molecule has 0 N–H and O–H groups in total. The van der Waals surface area contributed by atoms with Crippen LogP contribution in [0.15, 0.2) is 46.5 Å². The molecular formula is C18H16ClNO2. The first-order valence-electron chi connectivity index (χ1n) is 7.57. The van der Waals surface area contributed by atoms with Crippen molar-refractivity contribution in [3.05, 3.63) is 52.9 Å². The molecule has 0 unspecified atom stereocenters. The van der Waals surface area contributed by atoms with Crippen molar-refractivity contribution in [2.24, 2.45) is 5.92 Å². The van der Waals surface area contributed by atoms with Crippen molar-refractivity contribution in [1.82, 2.24) is 4.90 Å². The lowest BCUT2D eigenvalue weighted by molar-refractivity contribution is -0.125. The van der Waals surface area contributed by atoms with E-state index < -0.39 is 0 Å². The van der Waals surface area contributed by atoms with E-state index in [1.54, 1.807) is 0 Å². The van der Waals surface area contributed by atoms with Crippen molar-refractivity contribution in [3.8, 4) is 11.3 Å². The van der Waals surface area contributed by atoms with Crippen LogP contribution in [-0.2, 0) is 4.79 Å². The topological polar surface area (TPSA) is 33.5 Å². The molecule has 0 atom stereocenters. The fourth-order valence-electron chi connectivity index (χ4n) is 3.24. The summed E-state index contributed by atoms with van der Waals surface area (Å²) in [7, 11) is 0. The molecule has 3 saturated heterocycles. The lowest BCUT2D eigenvalue weighted by atomic mass is 9.84. The van der Waals surface area contributed by atoms with Crippen LogP contribution in [-0.4, -0.2) is 23.8 Å². The monoisotopic (exact) mass is 313 g/mol. The zero-order chi connectivity index (χ0) is 15.1. The normalized spacial score (nSPS) is 20.1. The number of halogens is 1. The van der Waals surface area contributed by atoms with Gasteiger partial charge in [-0.25, -0.2) is 0 Å². The molecule has 2 aromatic rings. The highest BCUT2D eigenvalue weighted by Gasteiger charge is 2.36. The SMILES string of the molecule is O=C1/C(=C\c2ccc(-c3ccc(Cl)cc3)o2)N2CCC1CC2. The van der Waals surface area contributed by atoms with Gasteiger partial charge in [0.05, 0.1) is 5.70 Å². The Morgan fingerprint density at radius 2 is 1.82 bits per heavy atom. The number of benzene rings is 1. The summed E-state index contributed by atoms with van der Waals surface area (Å²) in [5.74, 6) is 1.98. The molecule has 3 fully saturated rings. The first-order valence-corrected chi connectivity index (χ1v) is 7.95. The van der Waals surface area contributed by atoms with Crippen molar-refractivity contribution < 1.29 is 9.21 Å². The average Bonchev–Trinajstić information content (AvgIpc) is 3.01. The third-order valence-electron chi connectivity index (χ3n) is 4.49. The summed E-state index contributed by atoms with van der Waals surface area (Å²) >= 11 is 5.90. The number of hydrogen-bond acceptors (Lipinski definition) is 3. The minimum Gasteiger partial charge on any atom is -0.457 e. The van der Waals surface area contributed by atoms with Gasteiger partial charge in [0.1, 0.15) is 11.5 Å². The van der Waals surface area contributed by atoms with Crippen LogP contribution in [0, 0.1) is 5.92 Å². The third-order valence-corrected chi connectivity index (χ3v) is 4.75. The molecule has 1 aromatic heterocycles. The molecule has 0 aliphatic carbocycles. The smallest absolute Gasteiger partial charge is 0.182 e. The number of carbonyl (C=O) groups is 1. The maximum absolute atomic E-state index is 12.3. The molecular weight excluding hydrogens is 298 g/mol. The predicted molar refractivity (Wildman–Crippen MR) is 86.4 cm³/mol. The summed E-state index contributed by atoms with van der Waals surface area (Å²) in [6.07, 6.45) is 3.86. The molecule has 3 aliphatic heterocycles. The van der Waals surface area contributed by atoms with E-state index in [4.69, 9.17) is 16.0 Å². The Bertz CT molecular complexity index is 737. The zero-order valence-corrected chi connectivity index (χ0v) is 12.8. The van der Waals surface area contributed by atoms with Crippen LogP contribution >= 0.6 is 11.6 Å². The Balaban J connectivity index is 1.63. The van der Waals surface area contributed by atoms with E-state index in [9.17, 15) is 4.79 Å². The fourth-order valence-corrected chi connectivity index (χ4v) is 3.37. The molecule has 0 spiro atoms. The third kappa shape index (κ3) is 2.35. The number of rotatable bonds is 2. The van der Waals surface area contributed by atoms with Gasteiger partial charge >= 0.3 is 0 Å². The minimum absolute atomic E-state index is 0.210. The van der Waals surface area contributed by atoms with E-state index in [2.05, 4.69) is 4.90 Å². The van der Waals surface area contributed by atoms with Crippen LogP contribution in [0.2, 0.25) is 5.02 Å². The second kappa shape index (κ2) is 5.33. The van der Waals surface area contributed by atoms with Crippen molar-refractivity contribution in [1.29, 1.82) is 0 Å². The number of hydrogen-bond donors (Lipinski definition) is 0.